The Bertz CT molecular complexity index is 859. The van der Waals surface area contributed by atoms with Gasteiger partial charge >= 0.3 is 0 Å². The minimum Gasteiger partial charge on any atom is -0.502 e. The number of Topliss-reactive ketones (excluding diaryl/α,β-unsaturated/α-hetero) is 4. The van der Waals surface area contributed by atoms with Gasteiger partial charge in [-0.25, -0.2) is 0 Å². The normalized spacial score (nSPS) is 21.8. The maximum Gasteiger partial charge on any atom is 0.200 e. The number of phenolic OH excluding ortho intramolecular Hbond substituents is 1. The van der Waals surface area contributed by atoms with Crippen molar-refractivity contribution in [1.29, 1.82) is 0 Å². The summed E-state index contributed by atoms with van der Waals surface area (Å²) in [5.41, 5.74) is -0.543. The van der Waals surface area contributed by atoms with Crippen LogP contribution in [-0.4, -0.2) is 42.5 Å². The number of ketones is 4. The number of carbonyl (C=O) groups is 4. The van der Waals surface area contributed by atoms with E-state index in [9.17, 15) is 24.3 Å². The van der Waals surface area contributed by atoms with Crippen molar-refractivity contribution in [3.05, 3.63) is 17.7 Å². The summed E-state index contributed by atoms with van der Waals surface area (Å²) >= 11 is 0. The van der Waals surface area contributed by atoms with Crippen molar-refractivity contribution in [2.24, 2.45) is 22.7 Å². The lowest BCUT2D eigenvalue weighted by Gasteiger charge is -2.41. The van der Waals surface area contributed by atoms with Crippen LogP contribution in [0, 0.1) is 22.7 Å². The van der Waals surface area contributed by atoms with Crippen LogP contribution in [0.3, 0.4) is 0 Å². The molecule has 3 rings (SSSR count). The van der Waals surface area contributed by atoms with Gasteiger partial charge in [-0.15, -0.1) is 0 Å². The molecular formula is C25H32O7. The number of aromatic hydroxyl groups is 1. The second kappa shape index (κ2) is 8.34. The number of phenols is 1. The SMILES string of the molecule is COc1cc(C(C2C(=O)CC(C)(C)CC2=O)C2C(=O)CC(C)(C)CC2=O)cc(OC)c1O. The third-order valence-corrected chi connectivity index (χ3v) is 6.60. The van der Waals surface area contributed by atoms with Crippen LogP contribution in [-0.2, 0) is 19.2 Å². The molecule has 0 aromatic heterocycles. The minimum atomic E-state index is -1.11. The number of methoxy groups -OCH3 is 2. The topological polar surface area (TPSA) is 107 Å². The average Bonchev–Trinajstić information content (AvgIpc) is 2.64. The summed E-state index contributed by atoms with van der Waals surface area (Å²) in [6.45, 7) is 7.44. The van der Waals surface area contributed by atoms with Crippen molar-refractivity contribution in [3.8, 4) is 17.2 Å². The summed E-state index contributed by atoms with van der Waals surface area (Å²) in [4.78, 5) is 53.0. The van der Waals surface area contributed by atoms with Gasteiger partial charge in [-0.3, -0.25) is 19.2 Å². The van der Waals surface area contributed by atoms with E-state index in [0.29, 0.717) is 5.56 Å². The molecule has 2 saturated carbocycles. The molecule has 0 radical (unpaired) electrons. The molecular weight excluding hydrogens is 412 g/mol. The van der Waals surface area contributed by atoms with E-state index in [1.165, 1.54) is 26.4 Å². The van der Waals surface area contributed by atoms with Crippen molar-refractivity contribution in [2.75, 3.05) is 14.2 Å². The number of rotatable bonds is 5. The summed E-state index contributed by atoms with van der Waals surface area (Å²) in [5.74, 6) is -4.34. The van der Waals surface area contributed by atoms with E-state index in [4.69, 9.17) is 9.47 Å². The lowest BCUT2D eigenvalue weighted by molar-refractivity contribution is -0.145. The summed E-state index contributed by atoms with van der Waals surface area (Å²) in [6, 6.07) is 2.98. The molecule has 174 valence electrons. The Balaban J connectivity index is 2.20. The monoisotopic (exact) mass is 444 g/mol. The van der Waals surface area contributed by atoms with E-state index < -0.39 is 28.6 Å². The number of carbonyl (C=O) groups excluding carboxylic acids is 4. The molecule has 0 heterocycles. The van der Waals surface area contributed by atoms with Crippen LogP contribution < -0.4 is 9.47 Å². The van der Waals surface area contributed by atoms with E-state index in [1.54, 1.807) is 0 Å². The maximum atomic E-state index is 13.2. The molecule has 0 spiro atoms. The van der Waals surface area contributed by atoms with Gasteiger partial charge in [0.05, 0.1) is 26.1 Å². The fraction of sp³-hybridized carbons (Fsp3) is 0.600. The quantitative estimate of drug-likeness (QED) is 0.691. The summed E-state index contributed by atoms with van der Waals surface area (Å²) in [7, 11) is 2.73. The van der Waals surface area contributed by atoms with Crippen LogP contribution in [0.1, 0.15) is 64.9 Å². The standard InChI is InChI=1S/C25H32O7/c1-24(2)9-14(26)21(15(27)10-24)20(22-16(28)11-25(3,4)12-17(22)29)13-7-18(31-5)23(30)19(8-13)32-6/h7-8,20-22,30H,9-12H2,1-6H3. The van der Waals surface area contributed by atoms with Gasteiger partial charge in [0, 0.05) is 31.6 Å². The number of ether oxygens (including phenoxy) is 2. The van der Waals surface area contributed by atoms with Crippen molar-refractivity contribution >= 4 is 23.1 Å². The largest absolute Gasteiger partial charge is 0.502 e. The Morgan fingerprint density at radius 2 is 1.06 bits per heavy atom. The highest BCUT2D eigenvalue weighted by atomic mass is 16.5. The van der Waals surface area contributed by atoms with Gasteiger partial charge < -0.3 is 14.6 Å². The molecule has 7 heteroatoms. The van der Waals surface area contributed by atoms with Gasteiger partial charge in [-0.1, -0.05) is 27.7 Å². The molecule has 1 aromatic carbocycles. The van der Waals surface area contributed by atoms with Gasteiger partial charge in [-0.2, -0.15) is 0 Å². The van der Waals surface area contributed by atoms with Crippen LogP contribution in [0.15, 0.2) is 12.1 Å². The molecule has 0 saturated heterocycles. The summed E-state index contributed by atoms with van der Waals surface area (Å²) in [6.07, 6.45) is 0.749. The fourth-order valence-corrected chi connectivity index (χ4v) is 5.30. The smallest absolute Gasteiger partial charge is 0.200 e. The van der Waals surface area contributed by atoms with Crippen LogP contribution >= 0.6 is 0 Å². The Morgan fingerprint density at radius 1 is 0.750 bits per heavy atom. The third-order valence-electron chi connectivity index (χ3n) is 6.60. The number of hydrogen-bond donors (Lipinski definition) is 1. The molecule has 1 N–H and O–H groups in total. The van der Waals surface area contributed by atoms with E-state index in [-0.39, 0.29) is 66.1 Å². The Kier molecular flexibility index (Phi) is 6.24. The molecule has 1 aromatic rings. The average molecular weight is 445 g/mol. The zero-order valence-corrected chi connectivity index (χ0v) is 19.6. The number of benzene rings is 1. The van der Waals surface area contributed by atoms with Gasteiger partial charge in [-0.05, 0) is 28.5 Å². The summed E-state index contributed by atoms with van der Waals surface area (Å²) in [5, 5.41) is 10.3. The first-order chi connectivity index (χ1) is 14.8. The Labute approximate surface area is 188 Å². The molecule has 0 aliphatic heterocycles. The lowest BCUT2D eigenvalue weighted by Crippen LogP contribution is -2.48. The molecule has 7 nitrogen and oxygen atoms in total. The van der Waals surface area contributed by atoms with Crippen LogP contribution in [0.2, 0.25) is 0 Å². The molecule has 2 aliphatic rings. The molecule has 0 bridgehead atoms. The fourth-order valence-electron chi connectivity index (χ4n) is 5.30. The predicted molar refractivity (Wildman–Crippen MR) is 117 cm³/mol. The Morgan fingerprint density at radius 3 is 1.34 bits per heavy atom. The van der Waals surface area contributed by atoms with Crippen molar-refractivity contribution in [1.82, 2.24) is 0 Å². The van der Waals surface area contributed by atoms with E-state index in [1.807, 2.05) is 27.7 Å². The molecule has 0 unspecified atom stereocenters. The molecule has 32 heavy (non-hydrogen) atoms. The van der Waals surface area contributed by atoms with Crippen molar-refractivity contribution in [2.45, 2.75) is 59.3 Å². The minimum absolute atomic E-state index is 0.0800. The van der Waals surface area contributed by atoms with Gasteiger partial charge in [0.2, 0.25) is 5.75 Å². The number of hydrogen-bond acceptors (Lipinski definition) is 7. The van der Waals surface area contributed by atoms with Crippen LogP contribution in [0.5, 0.6) is 17.2 Å². The first-order valence-electron chi connectivity index (χ1n) is 10.9. The summed E-state index contributed by atoms with van der Waals surface area (Å²) < 4.78 is 10.5. The Hall–Kier alpha value is -2.70. The lowest BCUT2D eigenvalue weighted by atomic mass is 9.59. The highest BCUT2D eigenvalue weighted by Gasteiger charge is 2.52. The molecule has 2 aliphatic carbocycles. The van der Waals surface area contributed by atoms with Crippen molar-refractivity contribution in [3.63, 3.8) is 0 Å². The first-order valence-corrected chi connectivity index (χ1v) is 10.9. The van der Waals surface area contributed by atoms with E-state index in [2.05, 4.69) is 0 Å². The predicted octanol–water partition coefficient (Wildman–Crippen LogP) is 3.64. The van der Waals surface area contributed by atoms with Crippen LogP contribution in [0.25, 0.3) is 0 Å². The second-order valence-corrected chi connectivity index (χ2v) is 10.7. The third kappa shape index (κ3) is 4.43. The highest BCUT2D eigenvalue weighted by Crippen LogP contribution is 2.49. The van der Waals surface area contributed by atoms with Crippen molar-refractivity contribution < 1.29 is 33.8 Å². The van der Waals surface area contributed by atoms with Gasteiger partial charge in [0.15, 0.2) is 11.5 Å². The van der Waals surface area contributed by atoms with Gasteiger partial charge in [0.25, 0.3) is 0 Å². The molecule has 2 fully saturated rings. The maximum absolute atomic E-state index is 13.2. The van der Waals surface area contributed by atoms with E-state index >= 15 is 0 Å². The second-order valence-electron chi connectivity index (χ2n) is 10.7. The molecule has 0 amide bonds. The highest BCUT2D eigenvalue weighted by molar-refractivity contribution is 6.11. The van der Waals surface area contributed by atoms with Crippen LogP contribution in [0.4, 0.5) is 0 Å². The zero-order chi connectivity index (χ0) is 24.0. The zero-order valence-electron chi connectivity index (χ0n) is 19.6. The molecule has 0 atom stereocenters. The van der Waals surface area contributed by atoms with E-state index in [0.717, 1.165) is 0 Å². The van der Waals surface area contributed by atoms with Gasteiger partial charge in [0.1, 0.15) is 23.1 Å². The first kappa shape index (κ1) is 24.0.